The van der Waals surface area contributed by atoms with E-state index in [2.05, 4.69) is 4.98 Å². The van der Waals surface area contributed by atoms with Crippen LogP contribution >= 0.6 is 0 Å². The molecule has 0 radical (unpaired) electrons. The van der Waals surface area contributed by atoms with Crippen LogP contribution < -0.4 is 0 Å². The molecule has 22 heavy (non-hydrogen) atoms. The molecule has 1 N–H and O–H groups in total. The van der Waals surface area contributed by atoms with Crippen molar-refractivity contribution in [3.05, 3.63) is 42.2 Å². The van der Waals surface area contributed by atoms with Crippen LogP contribution in [-0.4, -0.2) is 27.6 Å². The number of nitrogens with zero attached hydrogens (tertiary/aromatic N) is 1. The summed E-state index contributed by atoms with van der Waals surface area (Å²) in [7, 11) is 0. The molecule has 116 valence electrons. The number of rotatable bonds is 4. The highest BCUT2D eigenvalue weighted by Gasteiger charge is 2.27. The van der Waals surface area contributed by atoms with E-state index in [0.717, 1.165) is 10.8 Å². The molecule has 1 heterocycles. The molecule has 5 nitrogen and oxygen atoms in total. The number of pyridine rings is 1. The average Bonchev–Trinajstić information content (AvgIpc) is 2.42. The number of hydrogen-bond acceptors (Lipinski definition) is 4. The Morgan fingerprint density at radius 1 is 1.27 bits per heavy atom. The molecule has 0 saturated heterocycles. The maximum atomic E-state index is 12.0. The van der Waals surface area contributed by atoms with Crippen LogP contribution in [0.1, 0.15) is 38.7 Å². The molecule has 2 rings (SSSR count). The number of carbonyl (C=O) groups is 2. The molecule has 0 aliphatic rings. The van der Waals surface area contributed by atoms with Gasteiger partial charge >= 0.3 is 11.9 Å². The first-order chi connectivity index (χ1) is 10.3. The zero-order valence-electron chi connectivity index (χ0n) is 12.9. The van der Waals surface area contributed by atoms with E-state index in [-0.39, 0.29) is 6.42 Å². The Labute approximate surface area is 128 Å². The predicted molar refractivity (Wildman–Crippen MR) is 82.6 cm³/mol. The Kier molecular flexibility index (Phi) is 4.45. The fourth-order valence-electron chi connectivity index (χ4n) is 2.33. The molecule has 0 fully saturated rings. The first-order valence-corrected chi connectivity index (χ1v) is 7.05. The van der Waals surface area contributed by atoms with Crippen molar-refractivity contribution >= 4 is 22.7 Å². The Bertz CT molecular complexity index is 698. The lowest BCUT2D eigenvalue weighted by molar-refractivity contribution is -0.158. The topological polar surface area (TPSA) is 76.5 Å². The SMILES string of the molecule is CC(C)(C)OC(=O)CC(C(=O)O)c1cccc2cnccc12. The van der Waals surface area contributed by atoms with E-state index in [9.17, 15) is 14.7 Å². The Morgan fingerprint density at radius 2 is 2.00 bits per heavy atom. The Morgan fingerprint density at radius 3 is 2.64 bits per heavy atom. The van der Waals surface area contributed by atoms with E-state index in [1.807, 2.05) is 6.07 Å². The van der Waals surface area contributed by atoms with Crippen molar-refractivity contribution in [1.82, 2.24) is 4.98 Å². The number of aromatic nitrogens is 1. The van der Waals surface area contributed by atoms with E-state index in [1.165, 1.54) is 0 Å². The monoisotopic (exact) mass is 301 g/mol. The fourth-order valence-corrected chi connectivity index (χ4v) is 2.33. The first-order valence-electron chi connectivity index (χ1n) is 7.05. The molecule has 0 aliphatic carbocycles. The predicted octanol–water partition coefficient (Wildman–Crippen LogP) is 3.13. The van der Waals surface area contributed by atoms with Crippen molar-refractivity contribution < 1.29 is 19.4 Å². The van der Waals surface area contributed by atoms with Crippen molar-refractivity contribution in [2.24, 2.45) is 0 Å². The van der Waals surface area contributed by atoms with Crippen LogP contribution in [0.5, 0.6) is 0 Å². The van der Waals surface area contributed by atoms with Gasteiger partial charge in [0, 0.05) is 17.8 Å². The standard InChI is InChI=1S/C17H19NO4/c1-17(2,3)22-15(19)9-14(16(20)21)13-6-4-5-11-10-18-8-7-12(11)13/h4-8,10,14H,9H2,1-3H3,(H,20,21). The van der Waals surface area contributed by atoms with Gasteiger partial charge in [-0.15, -0.1) is 0 Å². The second-order valence-corrected chi connectivity index (χ2v) is 6.13. The van der Waals surface area contributed by atoms with Gasteiger partial charge in [-0.25, -0.2) is 0 Å². The summed E-state index contributed by atoms with van der Waals surface area (Å²) in [5, 5.41) is 11.1. The van der Waals surface area contributed by atoms with E-state index >= 15 is 0 Å². The van der Waals surface area contributed by atoms with Crippen LogP contribution in [0.3, 0.4) is 0 Å². The number of carbonyl (C=O) groups excluding carboxylic acids is 1. The highest BCUT2D eigenvalue weighted by atomic mass is 16.6. The number of aliphatic carboxylic acids is 1. The summed E-state index contributed by atoms with van der Waals surface area (Å²) in [6.45, 7) is 5.26. The van der Waals surface area contributed by atoms with Crippen LogP contribution in [0.15, 0.2) is 36.7 Å². The minimum Gasteiger partial charge on any atom is -0.481 e. The third-order valence-electron chi connectivity index (χ3n) is 3.18. The van der Waals surface area contributed by atoms with Gasteiger partial charge in [0.15, 0.2) is 0 Å². The highest BCUT2D eigenvalue weighted by molar-refractivity contribution is 5.92. The summed E-state index contributed by atoms with van der Waals surface area (Å²) < 4.78 is 5.24. The Hall–Kier alpha value is -2.43. The van der Waals surface area contributed by atoms with Crippen molar-refractivity contribution in [2.45, 2.75) is 38.7 Å². The van der Waals surface area contributed by atoms with E-state index < -0.39 is 23.5 Å². The number of esters is 1. The molecule has 0 spiro atoms. The third-order valence-corrected chi connectivity index (χ3v) is 3.18. The lowest BCUT2D eigenvalue weighted by Crippen LogP contribution is -2.26. The van der Waals surface area contributed by atoms with Gasteiger partial charge in [-0.05, 0) is 37.8 Å². The number of hydrogen-bond donors (Lipinski definition) is 1. The largest absolute Gasteiger partial charge is 0.481 e. The molecule has 0 aliphatic heterocycles. The van der Waals surface area contributed by atoms with Gasteiger partial charge in [0.25, 0.3) is 0 Å². The van der Waals surface area contributed by atoms with Crippen molar-refractivity contribution in [3.8, 4) is 0 Å². The first kappa shape index (κ1) is 15.9. The molecule has 1 aromatic heterocycles. The zero-order valence-corrected chi connectivity index (χ0v) is 12.9. The number of carboxylic acids is 1. The zero-order chi connectivity index (χ0) is 16.3. The summed E-state index contributed by atoms with van der Waals surface area (Å²) in [6.07, 6.45) is 3.08. The molecule has 0 saturated carbocycles. The summed E-state index contributed by atoms with van der Waals surface area (Å²) in [4.78, 5) is 27.6. The summed E-state index contributed by atoms with van der Waals surface area (Å²) in [5.74, 6) is -2.51. The molecule has 1 atom stereocenters. The Balaban J connectivity index is 2.35. The lowest BCUT2D eigenvalue weighted by Gasteiger charge is -2.21. The molecular formula is C17H19NO4. The molecule has 1 aromatic carbocycles. The number of carboxylic acid groups (broad SMARTS) is 1. The van der Waals surface area contributed by atoms with Gasteiger partial charge in [0.05, 0.1) is 12.3 Å². The van der Waals surface area contributed by atoms with Crippen LogP contribution in [0.25, 0.3) is 10.8 Å². The van der Waals surface area contributed by atoms with E-state index in [4.69, 9.17) is 4.74 Å². The second-order valence-electron chi connectivity index (χ2n) is 6.13. The molecule has 0 amide bonds. The molecular weight excluding hydrogens is 282 g/mol. The summed E-state index contributed by atoms with van der Waals surface area (Å²) in [6, 6.07) is 7.11. The molecule has 2 aromatic rings. The lowest BCUT2D eigenvalue weighted by atomic mass is 9.91. The maximum Gasteiger partial charge on any atom is 0.311 e. The summed E-state index contributed by atoms with van der Waals surface area (Å²) >= 11 is 0. The number of fused-ring (bicyclic) bond motifs is 1. The van der Waals surface area contributed by atoms with Crippen LogP contribution in [0.4, 0.5) is 0 Å². The molecule has 1 unspecified atom stereocenters. The van der Waals surface area contributed by atoms with E-state index in [1.54, 1.807) is 51.4 Å². The van der Waals surface area contributed by atoms with Gasteiger partial charge in [-0.3, -0.25) is 14.6 Å². The van der Waals surface area contributed by atoms with Gasteiger partial charge in [-0.1, -0.05) is 18.2 Å². The van der Waals surface area contributed by atoms with Crippen LogP contribution in [0, 0.1) is 0 Å². The smallest absolute Gasteiger partial charge is 0.311 e. The fraction of sp³-hybridized carbons (Fsp3) is 0.353. The second kappa shape index (κ2) is 6.13. The van der Waals surface area contributed by atoms with Gasteiger partial charge in [-0.2, -0.15) is 0 Å². The van der Waals surface area contributed by atoms with Crippen molar-refractivity contribution in [3.63, 3.8) is 0 Å². The van der Waals surface area contributed by atoms with Crippen LogP contribution in [-0.2, 0) is 14.3 Å². The average molecular weight is 301 g/mol. The quantitative estimate of drug-likeness (QED) is 0.878. The van der Waals surface area contributed by atoms with Gasteiger partial charge in [0.1, 0.15) is 5.60 Å². The van der Waals surface area contributed by atoms with Crippen molar-refractivity contribution in [2.75, 3.05) is 0 Å². The maximum absolute atomic E-state index is 12.0. The van der Waals surface area contributed by atoms with Crippen LogP contribution in [0.2, 0.25) is 0 Å². The minimum atomic E-state index is -1.05. The van der Waals surface area contributed by atoms with Gasteiger partial charge in [0.2, 0.25) is 0 Å². The number of ether oxygens (including phenoxy) is 1. The van der Waals surface area contributed by atoms with Crippen molar-refractivity contribution in [1.29, 1.82) is 0 Å². The third kappa shape index (κ3) is 3.81. The molecule has 0 bridgehead atoms. The molecule has 5 heteroatoms. The highest BCUT2D eigenvalue weighted by Crippen LogP contribution is 2.28. The summed E-state index contributed by atoms with van der Waals surface area (Å²) in [5.41, 5.74) is -0.0405. The van der Waals surface area contributed by atoms with Gasteiger partial charge < -0.3 is 9.84 Å². The van der Waals surface area contributed by atoms with E-state index in [0.29, 0.717) is 5.56 Å². The number of benzene rings is 1. The minimum absolute atomic E-state index is 0.200. The normalized spacial score (nSPS) is 12.9.